The molecule has 5 unspecified atom stereocenters. The molecule has 236 valence electrons. The minimum atomic E-state index is -4.09. The number of nitrogens with two attached hydrogens (primary N) is 2. The molecule has 2 heterocycles. The lowest BCUT2D eigenvalue weighted by molar-refractivity contribution is -0.0114. The average Bonchev–Trinajstić information content (AvgIpc) is 3.35. The van der Waals surface area contributed by atoms with Gasteiger partial charge in [-0.1, -0.05) is 90.9 Å². The molecule has 0 aliphatic carbocycles. The van der Waals surface area contributed by atoms with Gasteiger partial charge >= 0.3 is 7.60 Å². The molecule has 0 saturated heterocycles. The fourth-order valence-corrected chi connectivity index (χ4v) is 5.59. The van der Waals surface area contributed by atoms with Crippen molar-refractivity contribution in [2.45, 2.75) is 122 Å². The number of ether oxygens (including phenoxy) is 1. The smallest absolute Gasteiger partial charge is 0.353 e. The van der Waals surface area contributed by atoms with Crippen molar-refractivity contribution in [3.8, 4) is 0 Å². The standard InChI is InChI=1S/C28H53N6O6P/c1-3-4-5-6-7-8-9-10-11-12-13-14-15-24(35)26(36)23(29)18-40-41(37,38)21-39-17-22(2)16-34-20-33-25-27(30)31-19-32-28(25)34/h19-20,22-24,26,35-36H,3-18,21,29H2,1-2H3,(H,37,38)(H2,30,31,32). The minimum absolute atomic E-state index is 0.0249. The highest BCUT2D eigenvalue weighted by Crippen LogP contribution is 2.42. The first-order chi connectivity index (χ1) is 19.6. The van der Waals surface area contributed by atoms with Gasteiger partial charge in [0.2, 0.25) is 0 Å². The van der Waals surface area contributed by atoms with Crippen molar-refractivity contribution < 1.29 is 28.9 Å². The summed E-state index contributed by atoms with van der Waals surface area (Å²) in [4.78, 5) is 22.5. The van der Waals surface area contributed by atoms with E-state index in [-0.39, 0.29) is 19.1 Å². The van der Waals surface area contributed by atoms with Crippen molar-refractivity contribution in [3.05, 3.63) is 12.7 Å². The van der Waals surface area contributed by atoms with Gasteiger partial charge < -0.3 is 40.4 Å². The lowest BCUT2D eigenvalue weighted by Gasteiger charge is -2.24. The SMILES string of the molecule is CCCCCCCCCCCCCCC(O)C(O)C(N)COP(=O)(O)COCC(C)Cn1cnc2c(N)ncnc21. The first-order valence-electron chi connectivity index (χ1n) is 15.2. The first kappa shape index (κ1) is 35.5. The van der Waals surface area contributed by atoms with E-state index in [0.717, 1.165) is 19.3 Å². The highest BCUT2D eigenvalue weighted by Gasteiger charge is 2.27. The fraction of sp³-hybridized carbons (Fsp3) is 0.821. The second kappa shape index (κ2) is 19.5. The van der Waals surface area contributed by atoms with Gasteiger partial charge in [0, 0.05) is 6.54 Å². The van der Waals surface area contributed by atoms with Gasteiger partial charge in [-0.05, 0) is 12.3 Å². The number of imidazole rings is 1. The van der Waals surface area contributed by atoms with Crippen LogP contribution < -0.4 is 11.5 Å². The molecule has 0 amide bonds. The second-order valence-corrected chi connectivity index (χ2v) is 13.1. The minimum Gasteiger partial charge on any atom is -0.390 e. The van der Waals surface area contributed by atoms with Gasteiger partial charge in [-0.25, -0.2) is 15.0 Å². The van der Waals surface area contributed by atoms with Crippen LogP contribution in [-0.4, -0.2) is 72.4 Å². The predicted octanol–water partition coefficient (Wildman–Crippen LogP) is 4.36. The summed E-state index contributed by atoms with van der Waals surface area (Å²) in [7, 11) is -4.09. The third-order valence-corrected chi connectivity index (χ3v) is 8.31. The number of aromatic nitrogens is 4. The molecule has 0 aromatic carbocycles. The molecular formula is C28H53N6O6P. The Kier molecular flexibility index (Phi) is 16.9. The topological polar surface area (TPSA) is 192 Å². The maximum atomic E-state index is 12.4. The van der Waals surface area contributed by atoms with Crippen LogP contribution in [0.25, 0.3) is 11.2 Å². The molecule has 0 spiro atoms. The number of nitrogens with zero attached hydrogens (tertiary/aromatic N) is 4. The average molecular weight is 601 g/mol. The predicted molar refractivity (Wildman–Crippen MR) is 161 cm³/mol. The molecule has 0 aliphatic rings. The molecule has 0 saturated carbocycles. The van der Waals surface area contributed by atoms with E-state index in [0.29, 0.717) is 29.9 Å². The Morgan fingerprint density at radius 3 is 2.20 bits per heavy atom. The summed E-state index contributed by atoms with van der Waals surface area (Å²) in [6, 6.07) is -0.995. The summed E-state index contributed by atoms with van der Waals surface area (Å²) in [5, 5.41) is 20.6. The molecule has 0 radical (unpaired) electrons. The Labute approximate surface area is 244 Å². The van der Waals surface area contributed by atoms with Crippen molar-refractivity contribution in [2.24, 2.45) is 11.7 Å². The van der Waals surface area contributed by atoms with Crippen LogP contribution in [0.1, 0.15) is 97.3 Å². The van der Waals surface area contributed by atoms with E-state index >= 15 is 0 Å². The summed E-state index contributed by atoms with van der Waals surface area (Å²) in [5.74, 6) is 0.277. The maximum Gasteiger partial charge on any atom is 0.353 e. The zero-order valence-electron chi connectivity index (χ0n) is 24.9. The van der Waals surface area contributed by atoms with E-state index in [4.69, 9.17) is 20.7 Å². The van der Waals surface area contributed by atoms with E-state index in [2.05, 4.69) is 21.9 Å². The van der Waals surface area contributed by atoms with Crippen molar-refractivity contribution in [1.82, 2.24) is 19.5 Å². The summed E-state index contributed by atoms with van der Waals surface area (Å²) in [6.45, 7) is 4.49. The lowest BCUT2D eigenvalue weighted by Crippen LogP contribution is -2.45. The monoisotopic (exact) mass is 600 g/mol. The maximum absolute atomic E-state index is 12.4. The molecule has 2 rings (SSSR count). The number of anilines is 1. The molecule has 5 atom stereocenters. The van der Waals surface area contributed by atoms with Gasteiger partial charge in [0.25, 0.3) is 0 Å². The third kappa shape index (κ3) is 13.9. The normalized spacial score (nSPS) is 16.4. The number of rotatable bonds is 24. The highest BCUT2D eigenvalue weighted by molar-refractivity contribution is 7.52. The van der Waals surface area contributed by atoms with Crippen LogP contribution in [0.3, 0.4) is 0 Å². The number of unbranched alkanes of at least 4 members (excludes halogenated alkanes) is 11. The van der Waals surface area contributed by atoms with E-state index in [1.165, 1.54) is 64.1 Å². The summed E-state index contributed by atoms with van der Waals surface area (Å²) in [6.07, 6.45) is 15.3. The molecule has 0 bridgehead atoms. The molecule has 41 heavy (non-hydrogen) atoms. The summed E-state index contributed by atoms with van der Waals surface area (Å²) < 4.78 is 24.7. The third-order valence-electron chi connectivity index (χ3n) is 7.25. The Morgan fingerprint density at radius 1 is 0.951 bits per heavy atom. The Balaban J connectivity index is 1.54. The van der Waals surface area contributed by atoms with E-state index < -0.39 is 32.2 Å². The molecule has 0 fully saturated rings. The first-order valence-corrected chi connectivity index (χ1v) is 17.0. The van der Waals surface area contributed by atoms with E-state index in [1.54, 1.807) is 6.33 Å². The van der Waals surface area contributed by atoms with E-state index in [9.17, 15) is 19.7 Å². The Morgan fingerprint density at radius 2 is 1.56 bits per heavy atom. The largest absolute Gasteiger partial charge is 0.390 e. The molecule has 2 aromatic heterocycles. The Bertz CT molecular complexity index is 1030. The molecule has 12 nitrogen and oxygen atoms in total. The van der Waals surface area contributed by atoms with Gasteiger partial charge in [-0.2, -0.15) is 0 Å². The van der Waals surface area contributed by atoms with Crippen LogP contribution in [-0.2, 0) is 20.4 Å². The number of fused-ring (bicyclic) bond motifs is 1. The van der Waals surface area contributed by atoms with Crippen molar-refractivity contribution in [3.63, 3.8) is 0 Å². The van der Waals surface area contributed by atoms with Crippen molar-refractivity contribution in [2.75, 3.05) is 25.3 Å². The summed E-state index contributed by atoms with van der Waals surface area (Å²) in [5.41, 5.74) is 12.9. The number of nitrogen functional groups attached to an aromatic ring is 1. The lowest BCUT2D eigenvalue weighted by atomic mass is 10.00. The van der Waals surface area contributed by atoms with Crippen LogP contribution >= 0.6 is 7.60 Å². The second-order valence-electron chi connectivity index (χ2n) is 11.3. The summed E-state index contributed by atoms with van der Waals surface area (Å²) >= 11 is 0. The molecule has 7 N–H and O–H groups in total. The van der Waals surface area contributed by atoms with Crippen molar-refractivity contribution in [1.29, 1.82) is 0 Å². The molecule has 0 aliphatic heterocycles. The zero-order valence-corrected chi connectivity index (χ0v) is 25.8. The number of hydrogen-bond donors (Lipinski definition) is 5. The van der Waals surface area contributed by atoms with Gasteiger partial charge in [-0.3, -0.25) is 4.57 Å². The molecule has 13 heteroatoms. The van der Waals surface area contributed by atoms with Crippen LogP contribution in [0, 0.1) is 5.92 Å². The quantitative estimate of drug-likeness (QED) is 0.0849. The fourth-order valence-electron chi connectivity index (χ4n) is 4.78. The van der Waals surface area contributed by atoms with Crippen LogP contribution in [0.5, 0.6) is 0 Å². The molecule has 2 aromatic rings. The van der Waals surface area contributed by atoms with Crippen LogP contribution in [0.15, 0.2) is 12.7 Å². The van der Waals surface area contributed by atoms with Gasteiger partial charge in [-0.15, -0.1) is 0 Å². The van der Waals surface area contributed by atoms with Gasteiger partial charge in [0.1, 0.15) is 18.2 Å². The highest BCUT2D eigenvalue weighted by atomic mass is 31.2. The van der Waals surface area contributed by atoms with Gasteiger partial charge in [0.15, 0.2) is 11.5 Å². The van der Waals surface area contributed by atoms with E-state index in [1.807, 2.05) is 11.5 Å². The Hall–Kier alpha value is -1.66. The van der Waals surface area contributed by atoms with Gasteiger partial charge in [0.05, 0.1) is 37.8 Å². The van der Waals surface area contributed by atoms with Crippen LogP contribution in [0.2, 0.25) is 0 Å². The number of aliphatic hydroxyl groups excluding tert-OH is 2. The van der Waals surface area contributed by atoms with Crippen molar-refractivity contribution >= 4 is 24.6 Å². The number of hydrogen-bond acceptors (Lipinski definition) is 10. The zero-order chi connectivity index (χ0) is 30.1. The molecular weight excluding hydrogens is 547 g/mol. The number of aliphatic hydroxyl groups is 2. The van der Waals surface area contributed by atoms with Crippen LogP contribution in [0.4, 0.5) is 5.82 Å².